The Bertz CT molecular complexity index is 384. The molecule has 1 N–H and O–H groups in total. The highest BCUT2D eigenvalue weighted by Crippen LogP contribution is 2.21. The van der Waals surface area contributed by atoms with Crippen LogP contribution in [0.15, 0.2) is 0 Å². The maximum Gasteiger partial charge on any atom is 0.312 e. The lowest BCUT2D eigenvalue weighted by molar-refractivity contribution is -0.386. The number of nitrogens with one attached hydrogen (secondary N) is 1. The van der Waals surface area contributed by atoms with E-state index < -0.39 is 0 Å². The maximum atomic E-state index is 10.8. The van der Waals surface area contributed by atoms with Gasteiger partial charge in [0.05, 0.1) is 11.5 Å². The Balaban J connectivity index is 2.75. The van der Waals surface area contributed by atoms with E-state index in [2.05, 4.69) is 24.3 Å². The van der Waals surface area contributed by atoms with Crippen LogP contribution in [0.2, 0.25) is 0 Å². The van der Waals surface area contributed by atoms with Gasteiger partial charge in [-0.3, -0.25) is 14.8 Å². The summed E-state index contributed by atoms with van der Waals surface area (Å²) in [6.45, 7) is 8.92. The van der Waals surface area contributed by atoms with E-state index in [1.165, 1.54) is 0 Å². The number of aryl methyl sites for hydroxylation is 1. The summed E-state index contributed by atoms with van der Waals surface area (Å²) >= 11 is 0. The number of nitrogens with zero attached hydrogens (tertiary/aromatic N) is 3. The molecule has 0 amide bonds. The summed E-state index contributed by atoms with van der Waals surface area (Å²) in [7, 11) is 0. The molecule has 1 heterocycles. The summed E-state index contributed by atoms with van der Waals surface area (Å²) in [5, 5.41) is 18.2. The number of nitro groups is 1. The van der Waals surface area contributed by atoms with Crippen molar-refractivity contribution in [2.24, 2.45) is 0 Å². The predicted octanol–water partition coefficient (Wildman–Crippen LogP) is 1.41. The molecule has 6 heteroatoms. The lowest BCUT2D eigenvalue weighted by atomic mass is 10.3. The Morgan fingerprint density at radius 1 is 1.50 bits per heavy atom. The Hall–Kier alpha value is -1.43. The molecule has 0 unspecified atom stereocenters. The van der Waals surface area contributed by atoms with Gasteiger partial charge in [-0.1, -0.05) is 13.8 Å². The zero-order valence-corrected chi connectivity index (χ0v) is 10.1. The van der Waals surface area contributed by atoms with Gasteiger partial charge in [0.1, 0.15) is 11.4 Å². The van der Waals surface area contributed by atoms with E-state index in [1.54, 1.807) is 18.5 Å². The predicted molar refractivity (Wildman–Crippen MR) is 61.5 cm³/mol. The van der Waals surface area contributed by atoms with Crippen LogP contribution in [0.3, 0.4) is 0 Å². The van der Waals surface area contributed by atoms with Gasteiger partial charge < -0.3 is 5.32 Å². The van der Waals surface area contributed by atoms with Gasteiger partial charge in [0.2, 0.25) is 0 Å². The van der Waals surface area contributed by atoms with E-state index in [9.17, 15) is 10.1 Å². The normalized spacial score (nSPS) is 11.1. The van der Waals surface area contributed by atoms with Crippen molar-refractivity contribution in [3.8, 4) is 0 Å². The molecule has 0 aromatic carbocycles. The van der Waals surface area contributed by atoms with E-state index >= 15 is 0 Å². The average molecular weight is 226 g/mol. The lowest BCUT2D eigenvalue weighted by Gasteiger charge is -2.08. The van der Waals surface area contributed by atoms with Gasteiger partial charge in [-0.15, -0.1) is 0 Å². The van der Waals surface area contributed by atoms with E-state index in [1.807, 2.05) is 0 Å². The molecule has 6 nitrogen and oxygen atoms in total. The van der Waals surface area contributed by atoms with Crippen LogP contribution in [0, 0.1) is 24.0 Å². The van der Waals surface area contributed by atoms with Crippen LogP contribution < -0.4 is 5.32 Å². The molecule has 0 saturated carbocycles. The molecule has 1 rings (SSSR count). The lowest BCUT2D eigenvalue weighted by Crippen LogP contribution is -2.27. The van der Waals surface area contributed by atoms with Gasteiger partial charge >= 0.3 is 5.69 Å². The molecule has 0 spiro atoms. The third kappa shape index (κ3) is 2.79. The molecule has 0 aliphatic carbocycles. The SMILES string of the molecule is Cc1nn(CCNC(C)C)c(C)c1[N+](=O)[O-]. The fourth-order valence-corrected chi connectivity index (χ4v) is 1.63. The highest BCUT2D eigenvalue weighted by molar-refractivity contribution is 5.39. The Morgan fingerprint density at radius 2 is 2.12 bits per heavy atom. The van der Waals surface area contributed by atoms with Crippen LogP contribution >= 0.6 is 0 Å². The summed E-state index contributed by atoms with van der Waals surface area (Å²) < 4.78 is 1.68. The molecule has 0 aliphatic rings. The summed E-state index contributed by atoms with van der Waals surface area (Å²) in [5.74, 6) is 0. The monoisotopic (exact) mass is 226 g/mol. The highest BCUT2D eigenvalue weighted by Gasteiger charge is 2.21. The number of hydrogen-bond donors (Lipinski definition) is 1. The fourth-order valence-electron chi connectivity index (χ4n) is 1.63. The zero-order chi connectivity index (χ0) is 12.3. The second kappa shape index (κ2) is 5.07. The van der Waals surface area contributed by atoms with E-state index in [0.29, 0.717) is 24.0 Å². The van der Waals surface area contributed by atoms with Crippen LogP contribution in [0.25, 0.3) is 0 Å². The minimum absolute atomic E-state index is 0.129. The average Bonchev–Trinajstić information content (AvgIpc) is 2.41. The summed E-state index contributed by atoms with van der Waals surface area (Å²) in [6, 6.07) is 0.409. The molecular weight excluding hydrogens is 208 g/mol. The van der Waals surface area contributed by atoms with Gasteiger partial charge in [0.25, 0.3) is 0 Å². The quantitative estimate of drug-likeness (QED) is 0.608. The first kappa shape index (κ1) is 12.6. The van der Waals surface area contributed by atoms with Crippen molar-refractivity contribution in [1.29, 1.82) is 0 Å². The molecule has 0 fully saturated rings. The van der Waals surface area contributed by atoms with E-state index in [4.69, 9.17) is 0 Å². The van der Waals surface area contributed by atoms with Crippen LogP contribution in [0.5, 0.6) is 0 Å². The standard InChI is InChI=1S/C10H18N4O2/c1-7(2)11-5-6-13-9(4)10(14(15)16)8(3)12-13/h7,11H,5-6H2,1-4H3. The van der Waals surface area contributed by atoms with Crippen molar-refractivity contribution in [2.75, 3.05) is 6.54 Å². The van der Waals surface area contributed by atoms with Crippen molar-refractivity contribution < 1.29 is 4.92 Å². The first-order valence-electron chi connectivity index (χ1n) is 5.35. The molecule has 0 bridgehead atoms. The maximum absolute atomic E-state index is 10.8. The molecule has 1 aromatic rings. The first-order valence-corrected chi connectivity index (χ1v) is 5.35. The van der Waals surface area contributed by atoms with Crippen molar-refractivity contribution >= 4 is 5.69 Å². The van der Waals surface area contributed by atoms with Crippen LogP contribution in [-0.4, -0.2) is 27.3 Å². The van der Waals surface area contributed by atoms with Crippen molar-refractivity contribution in [3.63, 3.8) is 0 Å². The van der Waals surface area contributed by atoms with Gasteiger partial charge in [0.15, 0.2) is 0 Å². The summed E-state index contributed by atoms with van der Waals surface area (Å²) in [5.41, 5.74) is 1.23. The Labute approximate surface area is 94.8 Å². The fraction of sp³-hybridized carbons (Fsp3) is 0.700. The molecule has 0 atom stereocenters. The Morgan fingerprint density at radius 3 is 2.56 bits per heavy atom. The molecule has 0 radical (unpaired) electrons. The third-order valence-corrected chi connectivity index (χ3v) is 2.40. The smallest absolute Gasteiger partial charge is 0.312 e. The van der Waals surface area contributed by atoms with Crippen molar-refractivity contribution in [2.45, 2.75) is 40.3 Å². The minimum atomic E-state index is -0.371. The third-order valence-electron chi connectivity index (χ3n) is 2.40. The topological polar surface area (TPSA) is 73.0 Å². The van der Waals surface area contributed by atoms with Gasteiger partial charge in [-0.25, -0.2) is 0 Å². The number of aromatic nitrogens is 2. The molecule has 90 valence electrons. The highest BCUT2D eigenvalue weighted by atomic mass is 16.6. The molecule has 0 saturated heterocycles. The van der Waals surface area contributed by atoms with Crippen LogP contribution in [0.4, 0.5) is 5.69 Å². The van der Waals surface area contributed by atoms with Gasteiger partial charge in [0, 0.05) is 12.6 Å². The van der Waals surface area contributed by atoms with Crippen LogP contribution in [-0.2, 0) is 6.54 Å². The molecule has 16 heavy (non-hydrogen) atoms. The van der Waals surface area contributed by atoms with Crippen molar-refractivity contribution in [1.82, 2.24) is 15.1 Å². The first-order chi connectivity index (χ1) is 7.43. The second-order valence-corrected chi connectivity index (χ2v) is 4.11. The van der Waals surface area contributed by atoms with Gasteiger partial charge in [-0.2, -0.15) is 5.10 Å². The van der Waals surface area contributed by atoms with E-state index in [0.717, 1.165) is 6.54 Å². The summed E-state index contributed by atoms with van der Waals surface area (Å²) in [6.07, 6.45) is 0. The van der Waals surface area contributed by atoms with Gasteiger partial charge in [-0.05, 0) is 13.8 Å². The number of rotatable bonds is 5. The molecule has 0 aliphatic heterocycles. The van der Waals surface area contributed by atoms with E-state index in [-0.39, 0.29) is 10.6 Å². The Kier molecular flexibility index (Phi) is 4.00. The molecular formula is C10H18N4O2. The second-order valence-electron chi connectivity index (χ2n) is 4.11. The van der Waals surface area contributed by atoms with Crippen molar-refractivity contribution in [3.05, 3.63) is 21.5 Å². The minimum Gasteiger partial charge on any atom is -0.313 e. The molecule has 1 aromatic heterocycles. The summed E-state index contributed by atoms with van der Waals surface area (Å²) in [4.78, 5) is 10.4. The van der Waals surface area contributed by atoms with Crippen LogP contribution in [0.1, 0.15) is 25.2 Å². The number of hydrogen-bond acceptors (Lipinski definition) is 4. The largest absolute Gasteiger partial charge is 0.313 e. The zero-order valence-electron chi connectivity index (χ0n) is 10.1.